The highest BCUT2D eigenvalue weighted by atomic mass is 16.2. The fraction of sp³-hybridized carbons (Fsp3) is 0.381. The Bertz CT molecular complexity index is 708. The number of benzene rings is 2. The van der Waals surface area contributed by atoms with E-state index in [1.807, 2.05) is 37.4 Å². The normalized spacial score (nSPS) is 14.4. The first kappa shape index (κ1) is 17.5. The van der Waals surface area contributed by atoms with E-state index in [2.05, 4.69) is 35.3 Å². The zero-order chi connectivity index (χ0) is 17.6. The first-order valence-corrected chi connectivity index (χ1v) is 9.06. The number of carbonyl (C=O) groups excluding carboxylic acids is 1. The monoisotopic (exact) mass is 337 g/mol. The van der Waals surface area contributed by atoms with Crippen LogP contribution in [0.25, 0.3) is 0 Å². The van der Waals surface area contributed by atoms with Crippen LogP contribution in [0.5, 0.6) is 0 Å². The van der Waals surface area contributed by atoms with Crippen LogP contribution in [-0.4, -0.2) is 44.0 Å². The van der Waals surface area contributed by atoms with Crippen molar-refractivity contribution in [1.29, 1.82) is 0 Å². The Morgan fingerprint density at radius 2 is 1.80 bits per heavy atom. The van der Waals surface area contributed by atoms with Gasteiger partial charge in [-0.3, -0.25) is 4.79 Å². The maximum Gasteiger partial charge on any atom is 0.253 e. The van der Waals surface area contributed by atoms with Crippen molar-refractivity contribution in [2.45, 2.75) is 19.9 Å². The Labute approximate surface area is 150 Å². The van der Waals surface area contributed by atoms with Crippen LogP contribution in [0.1, 0.15) is 28.4 Å². The van der Waals surface area contributed by atoms with Gasteiger partial charge in [0.15, 0.2) is 0 Å². The molecule has 0 spiro atoms. The molecule has 0 aromatic heterocycles. The molecule has 1 N–H and O–H groups in total. The number of hydrogen-bond acceptors (Lipinski definition) is 3. The molecule has 1 aliphatic rings. The summed E-state index contributed by atoms with van der Waals surface area (Å²) in [5, 5.41) is 3.38. The second-order valence-electron chi connectivity index (χ2n) is 6.63. The third kappa shape index (κ3) is 4.40. The van der Waals surface area contributed by atoms with E-state index in [9.17, 15) is 4.79 Å². The van der Waals surface area contributed by atoms with Crippen molar-refractivity contribution in [3.05, 3.63) is 65.2 Å². The minimum atomic E-state index is 0.0792. The molecule has 0 unspecified atom stereocenters. The van der Waals surface area contributed by atoms with Crippen molar-refractivity contribution in [3.63, 3.8) is 0 Å². The number of nitrogens with one attached hydrogen (secondary N) is 1. The van der Waals surface area contributed by atoms with Gasteiger partial charge in [0.25, 0.3) is 5.91 Å². The highest BCUT2D eigenvalue weighted by Crippen LogP contribution is 2.22. The molecule has 0 aliphatic carbocycles. The van der Waals surface area contributed by atoms with Crippen LogP contribution in [-0.2, 0) is 13.0 Å². The van der Waals surface area contributed by atoms with Crippen molar-refractivity contribution in [1.82, 2.24) is 10.2 Å². The minimum Gasteiger partial charge on any atom is -0.369 e. The summed E-state index contributed by atoms with van der Waals surface area (Å²) in [6.07, 6.45) is 0.933. The first-order chi connectivity index (χ1) is 12.2. The number of piperazine rings is 1. The van der Waals surface area contributed by atoms with Crippen LogP contribution in [0, 0.1) is 0 Å². The van der Waals surface area contributed by atoms with Crippen molar-refractivity contribution in [3.8, 4) is 0 Å². The molecule has 0 atom stereocenters. The zero-order valence-corrected chi connectivity index (χ0v) is 15.2. The number of hydrogen-bond donors (Lipinski definition) is 1. The number of carbonyl (C=O) groups is 1. The molecule has 1 aliphatic heterocycles. The summed E-state index contributed by atoms with van der Waals surface area (Å²) >= 11 is 0. The molecule has 0 radical (unpaired) electrons. The lowest BCUT2D eigenvalue weighted by atomic mass is 10.0. The maximum atomic E-state index is 12.9. The molecular formula is C21H27N3O. The van der Waals surface area contributed by atoms with E-state index in [4.69, 9.17) is 0 Å². The van der Waals surface area contributed by atoms with E-state index in [0.29, 0.717) is 6.54 Å². The van der Waals surface area contributed by atoms with Gasteiger partial charge in [0, 0.05) is 51.0 Å². The van der Waals surface area contributed by atoms with Crippen LogP contribution in [0.2, 0.25) is 0 Å². The van der Waals surface area contributed by atoms with Gasteiger partial charge in [-0.05, 0) is 35.7 Å². The summed E-state index contributed by atoms with van der Waals surface area (Å²) in [7, 11) is 1.87. The Morgan fingerprint density at radius 1 is 1.08 bits per heavy atom. The lowest BCUT2D eigenvalue weighted by Crippen LogP contribution is -2.43. The summed E-state index contributed by atoms with van der Waals surface area (Å²) < 4.78 is 0. The van der Waals surface area contributed by atoms with Gasteiger partial charge in [0.2, 0.25) is 0 Å². The predicted octanol–water partition coefficient (Wildman–Crippen LogP) is 2.93. The van der Waals surface area contributed by atoms with Crippen LogP contribution in [0.3, 0.4) is 0 Å². The second kappa shape index (κ2) is 8.17. The molecule has 0 saturated carbocycles. The van der Waals surface area contributed by atoms with E-state index >= 15 is 0 Å². The van der Waals surface area contributed by atoms with Gasteiger partial charge in [-0.1, -0.05) is 37.3 Å². The van der Waals surface area contributed by atoms with E-state index in [-0.39, 0.29) is 5.91 Å². The van der Waals surface area contributed by atoms with Gasteiger partial charge in [-0.25, -0.2) is 0 Å². The number of anilines is 1. The number of rotatable bonds is 5. The van der Waals surface area contributed by atoms with Crippen LogP contribution in [0.15, 0.2) is 48.5 Å². The first-order valence-electron chi connectivity index (χ1n) is 9.06. The maximum absolute atomic E-state index is 12.9. The van der Waals surface area contributed by atoms with Gasteiger partial charge in [0.1, 0.15) is 0 Å². The van der Waals surface area contributed by atoms with Gasteiger partial charge in [-0.2, -0.15) is 0 Å². The van der Waals surface area contributed by atoms with Crippen molar-refractivity contribution < 1.29 is 4.79 Å². The lowest BCUT2D eigenvalue weighted by molar-refractivity contribution is 0.0785. The summed E-state index contributed by atoms with van der Waals surface area (Å²) in [6.45, 7) is 6.72. The van der Waals surface area contributed by atoms with Gasteiger partial charge >= 0.3 is 0 Å². The molecule has 1 heterocycles. The molecule has 0 bridgehead atoms. The van der Waals surface area contributed by atoms with Gasteiger partial charge in [-0.15, -0.1) is 0 Å². The average molecular weight is 337 g/mol. The summed E-state index contributed by atoms with van der Waals surface area (Å²) in [6, 6.07) is 16.4. The van der Waals surface area contributed by atoms with Crippen LogP contribution < -0.4 is 10.2 Å². The molecule has 2 aromatic carbocycles. The molecule has 1 fully saturated rings. The molecule has 4 nitrogen and oxygen atoms in total. The SMILES string of the molecule is CCc1cc(C(=O)N(C)Cc2ccccc2)cc(N2CCNCC2)c1. The topological polar surface area (TPSA) is 35.6 Å². The summed E-state index contributed by atoms with van der Waals surface area (Å²) in [5.74, 6) is 0.0792. The molecular weight excluding hydrogens is 310 g/mol. The fourth-order valence-corrected chi connectivity index (χ4v) is 3.26. The van der Waals surface area contributed by atoms with E-state index < -0.39 is 0 Å². The van der Waals surface area contributed by atoms with Crippen LogP contribution in [0.4, 0.5) is 5.69 Å². The van der Waals surface area contributed by atoms with Crippen LogP contribution >= 0.6 is 0 Å². The highest BCUT2D eigenvalue weighted by Gasteiger charge is 2.17. The Balaban J connectivity index is 1.80. The highest BCUT2D eigenvalue weighted by molar-refractivity contribution is 5.95. The third-order valence-electron chi connectivity index (χ3n) is 4.72. The zero-order valence-electron chi connectivity index (χ0n) is 15.2. The number of amides is 1. The van der Waals surface area contributed by atoms with Crippen molar-refractivity contribution in [2.75, 3.05) is 38.1 Å². The van der Waals surface area contributed by atoms with E-state index in [0.717, 1.165) is 49.4 Å². The van der Waals surface area contributed by atoms with Crippen molar-refractivity contribution >= 4 is 11.6 Å². The summed E-state index contributed by atoms with van der Waals surface area (Å²) in [5.41, 5.74) is 4.31. The number of aryl methyl sites for hydroxylation is 1. The molecule has 1 amide bonds. The number of nitrogens with zero attached hydrogens (tertiary/aromatic N) is 2. The van der Waals surface area contributed by atoms with E-state index in [1.54, 1.807) is 4.90 Å². The second-order valence-corrected chi connectivity index (χ2v) is 6.63. The van der Waals surface area contributed by atoms with E-state index in [1.165, 1.54) is 5.56 Å². The average Bonchev–Trinajstić information content (AvgIpc) is 2.68. The quantitative estimate of drug-likeness (QED) is 0.911. The molecule has 1 saturated heterocycles. The minimum absolute atomic E-state index is 0.0792. The lowest BCUT2D eigenvalue weighted by Gasteiger charge is -2.30. The molecule has 4 heteroatoms. The Kier molecular flexibility index (Phi) is 5.71. The standard InChI is InChI=1S/C21H27N3O/c1-3-17-13-19(15-20(14-17)24-11-9-22-10-12-24)21(25)23(2)16-18-7-5-4-6-8-18/h4-8,13-15,22H,3,9-12,16H2,1-2H3. The molecule has 2 aromatic rings. The van der Waals surface area contributed by atoms with Crippen molar-refractivity contribution in [2.24, 2.45) is 0 Å². The largest absolute Gasteiger partial charge is 0.369 e. The Morgan fingerprint density at radius 3 is 2.48 bits per heavy atom. The predicted molar refractivity (Wildman–Crippen MR) is 103 cm³/mol. The smallest absolute Gasteiger partial charge is 0.253 e. The summed E-state index contributed by atoms with van der Waals surface area (Å²) in [4.78, 5) is 17.1. The van der Waals surface area contributed by atoms with Gasteiger partial charge < -0.3 is 15.1 Å². The third-order valence-corrected chi connectivity index (χ3v) is 4.72. The Hall–Kier alpha value is -2.33. The molecule has 3 rings (SSSR count). The molecule has 132 valence electrons. The molecule has 25 heavy (non-hydrogen) atoms. The van der Waals surface area contributed by atoms with Gasteiger partial charge in [0.05, 0.1) is 0 Å². The fourth-order valence-electron chi connectivity index (χ4n) is 3.26.